The minimum absolute atomic E-state index is 0.152. The Balaban J connectivity index is 2.24. The van der Waals surface area contributed by atoms with Crippen molar-refractivity contribution in [2.45, 2.75) is 19.3 Å². The summed E-state index contributed by atoms with van der Waals surface area (Å²) in [6, 6.07) is 0. The molecule has 1 saturated heterocycles. The van der Waals surface area contributed by atoms with Crippen LogP contribution >= 0.6 is 12.2 Å². The third-order valence-electron chi connectivity index (χ3n) is 2.42. The summed E-state index contributed by atoms with van der Waals surface area (Å²) < 4.78 is 0. The molecule has 0 aromatic rings. The van der Waals surface area contributed by atoms with Gasteiger partial charge in [-0.3, -0.25) is 4.79 Å². The number of amides is 1. The molecule has 0 radical (unpaired) electrons. The highest BCUT2D eigenvalue weighted by atomic mass is 32.1. The van der Waals surface area contributed by atoms with Gasteiger partial charge in [0, 0.05) is 11.8 Å². The Kier molecular flexibility index (Phi) is 1.27. The third kappa shape index (κ3) is 0.770. The van der Waals surface area contributed by atoms with E-state index in [-0.39, 0.29) is 11.8 Å². The molecule has 3 heteroatoms. The molecule has 54 valence electrons. The van der Waals surface area contributed by atoms with E-state index in [0.717, 1.165) is 24.3 Å². The molecule has 2 bridgehead atoms. The smallest absolute Gasteiger partial charge is 0.227 e. The van der Waals surface area contributed by atoms with Crippen LogP contribution in [-0.2, 0) is 4.79 Å². The lowest BCUT2D eigenvalue weighted by molar-refractivity contribution is -0.123. The van der Waals surface area contributed by atoms with Gasteiger partial charge < -0.3 is 5.32 Å². The number of fused-ring (bicyclic) bond motifs is 2. The first-order valence-corrected chi connectivity index (χ1v) is 4.03. The van der Waals surface area contributed by atoms with Crippen LogP contribution in [0, 0.1) is 11.8 Å². The lowest BCUT2D eigenvalue weighted by Gasteiger charge is -2.19. The number of hydrogen-bond acceptors (Lipinski definition) is 2. The summed E-state index contributed by atoms with van der Waals surface area (Å²) in [6.45, 7) is 0. The summed E-state index contributed by atoms with van der Waals surface area (Å²) in [5, 5.41) is 2.73. The van der Waals surface area contributed by atoms with Gasteiger partial charge in [-0.05, 0) is 19.3 Å². The van der Waals surface area contributed by atoms with E-state index in [1.807, 2.05) is 0 Å². The molecule has 2 fully saturated rings. The van der Waals surface area contributed by atoms with Crippen molar-refractivity contribution in [3.05, 3.63) is 0 Å². The quantitative estimate of drug-likeness (QED) is 0.526. The molecule has 0 aromatic heterocycles. The SMILES string of the molecule is O=C1NC(=S)C2CCC1C2. The van der Waals surface area contributed by atoms with Crippen molar-refractivity contribution in [2.75, 3.05) is 0 Å². The number of thiocarbonyl (C=S) groups is 1. The number of rotatable bonds is 0. The number of hydrogen-bond donors (Lipinski definition) is 1. The van der Waals surface area contributed by atoms with Crippen LogP contribution in [0.1, 0.15) is 19.3 Å². The predicted octanol–water partition coefficient (Wildman–Crippen LogP) is 0.860. The molecule has 2 unspecified atom stereocenters. The predicted molar refractivity (Wildman–Crippen MR) is 41.6 cm³/mol. The van der Waals surface area contributed by atoms with Gasteiger partial charge in [-0.1, -0.05) is 12.2 Å². The van der Waals surface area contributed by atoms with Crippen LogP contribution < -0.4 is 5.32 Å². The first-order chi connectivity index (χ1) is 4.77. The van der Waals surface area contributed by atoms with Crippen molar-refractivity contribution in [3.63, 3.8) is 0 Å². The number of nitrogens with one attached hydrogen (secondary N) is 1. The standard InChI is InChI=1S/C7H9NOS/c9-6-4-1-2-5(3-4)7(10)8-6/h4-5H,1-3H2,(H,8,9,10). The Morgan fingerprint density at radius 3 is 2.90 bits per heavy atom. The zero-order valence-corrected chi connectivity index (χ0v) is 6.41. The highest BCUT2D eigenvalue weighted by Gasteiger charge is 2.37. The largest absolute Gasteiger partial charge is 0.320 e. The Hall–Kier alpha value is -0.440. The summed E-state index contributed by atoms with van der Waals surface area (Å²) in [5.74, 6) is 0.938. The zero-order valence-electron chi connectivity index (χ0n) is 5.59. The van der Waals surface area contributed by atoms with Crippen LogP contribution in [0.25, 0.3) is 0 Å². The molecule has 1 amide bonds. The van der Waals surface area contributed by atoms with E-state index in [9.17, 15) is 4.79 Å². The van der Waals surface area contributed by atoms with E-state index in [2.05, 4.69) is 5.32 Å². The second-order valence-electron chi connectivity index (χ2n) is 3.06. The minimum atomic E-state index is 0.152. The van der Waals surface area contributed by atoms with Crippen molar-refractivity contribution in [2.24, 2.45) is 11.8 Å². The van der Waals surface area contributed by atoms with Gasteiger partial charge >= 0.3 is 0 Å². The van der Waals surface area contributed by atoms with Crippen LogP contribution in [0.15, 0.2) is 0 Å². The van der Waals surface area contributed by atoms with Crippen LogP contribution in [-0.4, -0.2) is 10.9 Å². The van der Waals surface area contributed by atoms with Crippen molar-refractivity contribution in [3.8, 4) is 0 Å². The fourth-order valence-electron chi connectivity index (χ4n) is 1.78. The van der Waals surface area contributed by atoms with Crippen LogP contribution in [0.4, 0.5) is 0 Å². The van der Waals surface area contributed by atoms with Gasteiger partial charge in [0.25, 0.3) is 0 Å². The van der Waals surface area contributed by atoms with E-state index in [1.165, 1.54) is 0 Å². The summed E-state index contributed by atoms with van der Waals surface area (Å²) >= 11 is 5.00. The third-order valence-corrected chi connectivity index (χ3v) is 2.86. The molecule has 2 atom stereocenters. The van der Waals surface area contributed by atoms with Gasteiger partial charge in [0.15, 0.2) is 0 Å². The number of piperidine rings is 1. The maximum atomic E-state index is 11.1. The molecular formula is C7H9NOS. The molecule has 1 heterocycles. The average Bonchev–Trinajstić information content (AvgIpc) is 2.28. The van der Waals surface area contributed by atoms with E-state index >= 15 is 0 Å². The Morgan fingerprint density at radius 2 is 2.10 bits per heavy atom. The first kappa shape index (κ1) is 6.28. The molecule has 1 saturated carbocycles. The van der Waals surface area contributed by atoms with E-state index in [4.69, 9.17) is 12.2 Å². The highest BCUT2D eigenvalue weighted by Crippen LogP contribution is 2.34. The molecule has 2 nitrogen and oxygen atoms in total. The van der Waals surface area contributed by atoms with Gasteiger partial charge in [0.2, 0.25) is 5.91 Å². The monoisotopic (exact) mass is 155 g/mol. The molecule has 0 aromatic carbocycles. The van der Waals surface area contributed by atoms with Gasteiger partial charge in [-0.2, -0.15) is 0 Å². The van der Waals surface area contributed by atoms with Crippen LogP contribution in [0.2, 0.25) is 0 Å². The molecule has 0 spiro atoms. The second-order valence-corrected chi connectivity index (χ2v) is 3.50. The van der Waals surface area contributed by atoms with Gasteiger partial charge in [0.05, 0.1) is 4.99 Å². The molecule has 10 heavy (non-hydrogen) atoms. The average molecular weight is 155 g/mol. The molecule has 1 aliphatic heterocycles. The topological polar surface area (TPSA) is 29.1 Å². The van der Waals surface area contributed by atoms with E-state index in [1.54, 1.807) is 0 Å². The van der Waals surface area contributed by atoms with E-state index < -0.39 is 0 Å². The van der Waals surface area contributed by atoms with Crippen molar-refractivity contribution < 1.29 is 4.79 Å². The van der Waals surface area contributed by atoms with Gasteiger partial charge in [0.1, 0.15) is 0 Å². The summed E-state index contributed by atoms with van der Waals surface area (Å²) in [4.78, 5) is 11.8. The number of carbonyl (C=O) groups is 1. The summed E-state index contributed by atoms with van der Waals surface area (Å²) in [6.07, 6.45) is 3.16. The Morgan fingerprint density at radius 1 is 1.40 bits per heavy atom. The fraction of sp³-hybridized carbons (Fsp3) is 0.714. The summed E-state index contributed by atoms with van der Waals surface area (Å²) in [7, 11) is 0. The minimum Gasteiger partial charge on any atom is -0.320 e. The van der Waals surface area contributed by atoms with Gasteiger partial charge in [-0.25, -0.2) is 0 Å². The molecule has 2 aliphatic rings. The maximum absolute atomic E-state index is 11.1. The molecule has 1 aliphatic carbocycles. The Labute approximate surface area is 65.0 Å². The highest BCUT2D eigenvalue weighted by molar-refractivity contribution is 7.80. The lowest BCUT2D eigenvalue weighted by Crippen LogP contribution is -2.40. The molecule has 2 rings (SSSR count). The normalized spacial score (nSPS) is 38.0. The van der Waals surface area contributed by atoms with E-state index in [0.29, 0.717) is 5.92 Å². The first-order valence-electron chi connectivity index (χ1n) is 3.62. The zero-order chi connectivity index (χ0) is 7.14. The van der Waals surface area contributed by atoms with Crippen LogP contribution in [0.5, 0.6) is 0 Å². The fourth-order valence-corrected chi connectivity index (χ4v) is 2.10. The molecular weight excluding hydrogens is 146 g/mol. The van der Waals surface area contributed by atoms with Crippen molar-refractivity contribution in [1.82, 2.24) is 5.32 Å². The van der Waals surface area contributed by atoms with Crippen LogP contribution in [0.3, 0.4) is 0 Å². The summed E-state index contributed by atoms with van der Waals surface area (Å²) in [5.41, 5.74) is 0. The number of carbonyl (C=O) groups excluding carboxylic acids is 1. The second kappa shape index (κ2) is 2.02. The maximum Gasteiger partial charge on any atom is 0.227 e. The Bertz CT molecular complexity index is 182. The van der Waals surface area contributed by atoms with Gasteiger partial charge in [-0.15, -0.1) is 0 Å². The van der Waals surface area contributed by atoms with Crippen molar-refractivity contribution >= 4 is 23.1 Å². The van der Waals surface area contributed by atoms with Crippen molar-refractivity contribution in [1.29, 1.82) is 0 Å². The lowest BCUT2D eigenvalue weighted by atomic mass is 10.0. The molecule has 1 N–H and O–H groups in total.